The topological polar surface area (TPSA) is 24.9 Å². The molecule has 1 N–H and O–H groups in total. The minimum absolute atomic E-state index is 0.0840. The Labute approximate surface area is 132 Å². The largest absolute Gasteiger partial charge is 0.312 e. The summed E-state index contributed by atoms with van der Waals surface area (Å²) in [5.74, 6) is 0. The van der Waals surface area contributed by atoms with Gasteiger partial charge in [0.2, 0.25) is 0 Å². The number of rotatable bonds is 5. The fourth-order valence-electron chi connectivity index (χ4n) is 2.36. The molecule has 3 heteroatoms. The second-order valence-electron chi connectivity index (χ2n) is 6.53. The third-order valence-electron chi connectivity index (χ3n) is 3.50. The first-order chi connectivity index (χ1) is 9.93. The maximum atomic E-state index is 4.97. The highest BCUT2D eigenvalue weighted by molar-refractivity contribution is 7.15. The summed E-state index contributed by atoms with van der Waals surface area (Å²) in [6, 6.07) is 8.50. The molecule has 0 radical (unpaired) electrons. The van der Waals surface area contributed by atoms with Crippen LogP contribution in [0.3, 0.4) is 0 Å². The first kappa shape index (κ1) is 16.2. The normalized spacial score (nSPS) is 11.9. The van der Waals surface area contributed by atoms with Crippen molar-refractivity contribution in [2.75, 3.05) is 6.54 Å². The van der Waals surface area contributed by atoms with Crippen LogP contribution in [0.1, 0.15) is 50.3 Å². The van der Waals surface area contributed by atoms with Crippen molar-refractivity contribution < 1.29 is 0 Å². The van der Waals surface area contributed by atoms with E-state index in [2.05, 4.69) is 64.2 Å². The number of aromatic nitrogens is 1. The van der Waals surface area contributed by atoms with Crippen LogP contribution in [0.4, 0.5) is 0 Å². The fourth-order valence-corrected chi connectivity index (χ4v) is 3.70. The molecule has 0 aliphatic heterocycles. The SMILES string of the molecule is CCCNCc1sc(-c2ccccc2C)nc1C(C)(C)C. The van der Waals surface area contributed by atoms with Gasteiger partial charge in [-0.25, -0.2) is 4.98 Å². The Balaban J connectivity index is 2.38. The summed E-state index contributed by atoms with van der Waals surface area (Å²) >= 11 is 1.83. The molecular formula is C18H26N2S. The number of aryl methyl sites for hydroxylation is 1. The zero-order valence-corrected chi connectivity index (χ0v) is 14.6. The van der Waals surface area contributed by atoms with Gasteiger partial charge in [0.05, 0.1) is 5.69 Å². The molecule has 2 aromatic rings. The van der Waals surface area contributed by atoms with Gasteiger partial charge >= 0.3 is 0 Å². The average molecular weight is 302 g/mol. The number of nitrogens with zero attached hydrogens (tertiary/aromatic N) is 1. The Morgan fingerprint density at radius 2 is 1.90 bits per heavy atom. The van der Waals surface area contributed by atoms with Gasteiger partial charge in [-0.1, -0.05) is 52.0 Å². The molecule has 2 nitrogen and oxygen atoms in total. The highest BCUT2D eigenvalue weighted by Gasteiger charge is 2.23. The third kappa shape index (κ3) is 3.92. The van der Waals surface area contributed by atoms with Gasteiger partial charge in [-0.05, 0) is 25.5 Å². The number of hydrogen-bond donors (Lipinski definition) is 1. The summed E-state index contributed by atoms with van der Waals surface area (Å²) in [4.78, 5) is 6.34. The molecule has 0 aliphatic rings. The molecule has 0 unspecified atom stereocenters. The first-order valence-electron chi connectivity index (χ1n) is 7.70. The minimum Gasteiger partial charge on any atom is -0.312 e. The van der Waals surface area contributed by atoms with E-state index >= 15 is 0 Å². The number of nitrogens with one attached hydrogen (secondary N) is 1. The van der Waals surface area contributed by atoms with Crippen LogP contribution in [0, 0.1) is 6.92 Å². The van der Waals surface area contributed by atoms with Crippen molar-refractivity contribution in [1.82, 2.24) is 10.3 Å². The molecule has 0 aliphatic carbocycles. The smallest absolute Gasteiger partial charge is 0.124 e. The standard InChI is InChI=1S/C18H26N2S/c1-6-11-19-12-15-16(18(3,4)5)20-17(21-15)14-10-8-7-9-13(14)2/h7-10,19H,6,11-12H2,1-5H3. The van der Waals surface area contributed by atoms with E-state index in [0.29, 0.717) is 0 Å². The number of benzene rings is 1. The van der Waals surface area contributed by atoms with E-state index in [1.165, 1.54) is 21.7 Å². The molecule has 0 amide bonds. The summed E-state index contributed by atoms with van der Waals surface area (Å²) in [6.45, 7) is 13.1. The van der Waals surface area contributed by atoms with Crippen LogP contribution in [0.2, 0.25) is 0 Å². The van der Waals surface area contributed by atoms with Gasteiger partial charge in [0.15, 0.2) is 0 Å². The molecular weight excluding hydrogens is 276 g/mol. The molecule has 0 saturated carbocycles. The fraction of sp³-hybridized carbons (Fsp3) is 0.500. The predicted octanol–water partition coefficient (Wildman–Crippen LogP) is 4.92. The van der Waals surface area contributed by atoms with Crippen molar-refractivity contribution in [1.29, 1.82) is 0 Å². The van der Waals surface area contributed by atoms with Gasteiger partial charge in [0.1, 0.15) is 5.01 Å². The molecule has 0 bridgehead atoms. The van der Waals surface area contributed by atoms with Crippen molar-refractivity contribution in [3.8, 4) is 10.6 Å². The monoisotopic (exact) mass is 302 g/mol. The van der Waals surface area contributed by atoms with Crippen LogP contribution in [0.15, 0.2) is 24.3 Å². The van der Waals surface area contributed by atoms with Crippen LogP contribution >= 0.6 is 11.3 Å². The van der Waals surface area contributed by atoms with Crippen molar-refractivity contribution in [2.24, 2.45) is 0 Å². The zero-order chi connectivity index (χ0) is 15.5. The van der Waals surface area contributed by atoms with E-state index in [9.17, 15) is 0 Å². The summed E-state index contributed by atoms with van der Waals surface area (Å²) in [7, 11) is 0. The second-order valence-corrected chi connectivity index (χ2v) is 7.62. The van der Waals surface area contributed by atoms with Gasteiger partial charge in [-0.3, -0.25) is 0 Å². The quantitative estimate of drug-likeness (QED) is 0.793. The van der Waals surface area contributed by atoms with E-state index in [-0.39, 0.29) is 5.41 Å². The van der Waals surface area contributed by atoms with Crippen molar-refractivity contribution >= 4 is 11.3 Å². The van der Waals surface area contributed by atoms with Gasteiger partial charge in [-0.2, -0.15) is 0 Å². The van der Waals surface area contributed by atoms with E-state index in [1.54, 1.807) is 0 Å². The van der Waals surface area contributed by atoms with Crippen molar-refractivity contribution in [2.45, 2.75) is 53.0 Å². The van der Waals surface area contributed by atoms with Crippen LogP contribution in [0.5, 0.6) is 0 Å². The number of thiazole rings is 1. The van der Waals surface area contributed by atoms with Gasteiger partial charge < -0.3 is 5.32 Å². The molecule has 0 saturated heterocycles. The third-order valence-corrected chi connectivity index (χ3v) is 4.58. The summed E-state index contributed by atoms with van der Waals surface area (Å²) < 4.78 is 0. The van der Waals surface area contributed by atoms with E-state index < -0.39 is 0 Å². The average Bonchev–Trinajstić information content (AvgIpc) is 2.83. The summed E-state index contributed by atoms with van der Waals surface area (Å²) in [5.41, 5.74) is 3.87. The van der Waals surface area contributed by atoms with E-state index in [0.717, 1.165) is 24.5 Å². The van der Waals surface area contributed by atoms with Crippen LogP contribution in [0.25, 0.3) is 10.6 Å². The molecule has 1 heterocycles. The van der Waals surface area contributed by atoms with Crippen LogP contribution in [-0.2, 0) is 12.0 Å². The second kappa shape index (κ2) is 6.71. The van der Waals surface area contributed by atoms with Crippen molar-refractivity contribution in [3.05, 3.63) is 40.4 Å². The van der Waals surface area contributed by atoms with E-state index in [4.69, 9.17) is 4.98 Å². The van der Waals surface area contributed by atoms with Crippen molar-refractivity contribution in [3.63, 3.8) is 0 Å². The van der Waals surface area contributed by atoms with Gasteiger partial charge in [0.25, 0.3) is 0 Å². The zero-order valence-electron chi connectivity index (χ0n) is 13.8. The van der Waals surface area contributed by atoms with Crippen LogP contribution in [-0.4, -0.2) is 11.5 Å². The molecule has 2 rings (SSSR count). The summed E-state index contributed by atoms with van der Waals surface area (Å²) in [6.07, 6.45) is 1.16. The molecule has 1 aromatic heterocycles. The highest BCUT2D eigenvalue weighted by Crippen LogP contribution is 2.35. The summed E-state index contributed by atoms with van der Waals surface area (Å²) in [5, 5.41) is 4.66. The highest BCUT2D eigenvalue weighted by atomic mass is 32.1. The molecule has 0 fully saturated rings. The number of hydrogen-bond acceptors (Lipinski definition) is 3. The Hall–Kier alpha value is -1.19. The lowest BCUT2D eigenvalue weighted by atomic mass is 9.91. The lowest BCUT2D eigenvalue weighted by molar-refractivity contribution is 0.559. The maximum Gasteiger partial charge on any atom is 0.124 e. The van der Waals surface area contributed by atoms with Crippen LogP contribution < -0.4 is 5.32 Å². The Morgan fingerprint density at radius 3 is 2.52 bits per heavy atom. The Morgan fingerprint density at radius 1 is 1.19 bits per heavy atom. The maximum absolute atomic E-state index is 4.97. The Kier molecular flexibility index (Phi) is 5.17. The molecule has 114 valence electrons. The minimum atomic E-state index is 0.0840. The predicted molar refractivity (Wildman–Crippen MR) is 93.0 cm³/mol. The molecule has 21 heavy (non-hydrogen) atoms. The van der Waals surface area contributed by atoms with Gasteiger partial charge in [0, 0.05) is 22.4 Å². The Bertz CT molecular complexity index is 594. The first-order valence-corrected chi connectivity index (χ1v) is 8.52. The van der Waals surface area contributed by atoms with Gasteiger partial charge in [-0.15, -0.1) is 11.3 Å². The van der Waals surface area contributed by atoms with E-state index in [1.807, 2.05) is 11.3 Å². The molecule has 0 spiro atoms. The lowest BCUT2D eigenvalue weighted by Gasteiger charge is -2.17. The lowest BCUT2D eigenvalue weighted by Crippen LogP contribution is -2.19. The molecule has 0 atom stereocenters. The molecule has 1 aromatic carbocycles.